The Morgan fingerprint density at radius 3 is 2.95 bits per heavy atom. The van der Waals surface area contributed by atoms with E-state index in [1.807, 2.05) is 6.07 Å². The van der Waals surface area contributed by atoms with Gasteiger partial charge in [0.1, 0.15) is 5.76 Å². The molecule has 1 aromatic heterocycles. The van der Waals surface area contributed by atoms with Crippen LogP contribution in [0.15, 0.2) is 33.3 Å². The third-order valence-corrected chi connectivity index (χ3v) is 3.57. The molecule has 1 aromatic carbocycles. The minimum absolute atomic E-state index is 0.234. The highest BCUT2D eigenvalue weighted by atomic mass is 79.9. The second-order valence-electron chi connectivity index (χ2n) is 4.83. The second-order valence-corrected chi connectivity index (χ2v) is 5.74. The minimum atomic E-state index is -0.954. The number of carboxylic acids is 1. The molecular formula is C14H13BrN2O3. The van der Waals surface area contributed by atoms with Gasteiger partial charge in [-0.25, -0.2) is 9.78 Å². The summed E-state index contributed by atoms with van der Waals surface area (Å²) in [6.45, 7) is 0.481. The van der Waals surface area contributed by atoms with Gasteiger partial charge in [0.25, 0.3) is 0 Å². The highest BCUT2D eigenvalue weighted by Gasteiger charge is 2.28. The van der Waals surface area contributed by atoms with Crippen LogP contribution in [0.1, 0.15) is 40.8 Å². The van der Waals surface area contributed by atoms with Crippen LogP contribution in [-0.4, -0.2) is 16.1 Å². The molecule has 1 heterocycles. The molecule has 1 aliphatic carbocycles. The molecule has 0 unspecified atom stereocenters. The smallest absolute Gasteiger partial charge is 0.335 e. The largest absolute Gasteiger partial charge is 0.478 e. The lowest BCUT2D eigenvalue weighted by molar-refractivity contribution is 0.0697. The molecule has 1 fully saturated rings. The van der Waals surface area contributed by atoms with Crippen LogP contribution in [0.4, 0.5) is 5.69 Å². The van der Waals surface area contributed by atoms with Gasteiger partial charge in [-0.3, -0.25) is 0 Å². The highest BCUT2D eigenvalue weighted by molar-refractivity contribution is 9.10. The van der Waals surface area contributed by atoms with E-state index < -0.39 is 5.97 Å². The van der Waals surface area contributed by atoms with E-state index in [1.54, 1.807) is 18.3 Å². The molecule has 0 saturated heterocycles. The quantitative estimate of drug-likeness (QED) is 0.871. The summed E-state index contributed by atoms with van der Waals surface area (Å²) < 4.78 is 6.35. The molecule has 2 aromatic rings. The first-order valence-electron chi connectivity index (χ1n) is 6.34. The van der Waals surface area contributed by atoms with E-state index in [1.165, 1.54) is 0 Å². The maximum Gasteiger partial charge on any atom is 0.335 e. The van der Waals surface area contributed by atoms with Crippen molar-refractivity contribution in [2.75, 3.05) is 5.32 Å². The zero-order valence-electron chi connectivity index (χ0n) is 10.6. The Morgan fingerprint density at radius 2 is 2.25 bits per heavy atom. The Bertz CT molecular complexity index is 650. The van der Waals surface area contributed by atoms with Gasteiger partial charge in [-0.1, -0.05) is 15.9 Å². The number of nitrogens with zero attached hydrogens (tertiary/aromatic N) is 1. The molecule has 2 N–H and O–H groups in total. The van der Waals surface area contributed by atoms with Crippen LogP contribution in [0.2, 0.25) is 0 Å². The summed E-state index contributed by atoms with van der Waals surface area (Å²) in [6.07, 6.45) is 4.03. The number of aromatic carboxylic acids is 1. The fourth-order valence-corrected chi connectivity index (χ4v) is 2.42. The number of halogens is 1. The van der Waals surface area contributed by atoms with Crippen LogP contribution in [0.5, 0.6) is 0 Å². The number of nitrogens with one attached hydrogen (secondary N) is 1. The van der Waals surface area contributed by atoms with Crippen LogP contribution in [0.3, 0.4) is 0 Å². The first kappa shape index (κ1) is 13.2. The van der Waals surface area contributed by atoms with E-state index in [-0.39, 0.29) is 5.56 Å². The molecule has 0 amide bonds. The standard InChI is InChI=1S/C14H13BrN2O3/c15-10-3-9(14(18)19)4-11(5-10)16-6-12-7-17-13(20-12)8-1-2-8/h3-5,7-8,16H,1-2,6H2,(H,18,19). The summed E-state index contributed by atoms with van der Waals surface area (Å²) in [6, 6.07) is 4.98. The van der Waals surface area contributed by atoms with E-state index >= 15 is 0 Å². The van der Waals surface area contributed by atoms with Crippen LogP contribution in [0.25, 0.3) is 0 Å². The first-order valence-corrected chi connectivity index (χ1v) is 7.13. The Balaban J connectivity index is 1.69. The zero-order valence-corrected chi connectivity index (χ0v) is 12.2. The van der Waals surface area contributed by atoms with Crippen molar-refractivity contribution >= 4 is 27.6 Å². The van der Waals surface area contributed by atoms with Crippen molar-refractivity contribution in [2.24, 2.45) is 0 Å². The number of oxazole rings is 1. The van der Waals surface area contributed by atoms with Crippen LogP contribution in [-0.2, 0) is 6.54 Å². The van der Waals surface area contributed by atoms with Crippen molar-refractivity contribution in [3.8, 4) is 0 Å². The Kier molecular flexibility index (Phi) is 3.48. The molecule has 6 heteroatoms. The maximum absolute atomic E-state index is 11.0. The molecule has 1 aliphatic rings. The van der Waals surface area contributed by atoms with Crippen molar-refractivity contribution in [3.05, 3.63) is 46.1 Å². The lowest BCUT2D eigenvalue weighted by Gasteiger charge is -2.06. The van der Waals surface area contributed by atoms with Crippen LogP contribution in [0, 0.1) is 0 Å². The van der Waals surface area contributed by atoms with Crippen molar-refractivity contribution in [2.45, 2.75) is 25.3 Å². The molecular weight excluding hydrogens is 324 g/mol. The van der Waals surface area contributed by atoms with Gasteiger partial charge < -0.3 is 14.8 Å². The normalized spacial score (nSPS) is 14.2. The average Bonchev–Trinajstić information content (AvgIpc) is 3.15. The number of hydrogen-bond donors (Lipinski definition) is 2. The highest BCUT2D eigenvalue weighted by Crippen LogP contribution is 2.39. The molecule has 1 saturated carbocycles. The lowest BCUT2D eigenvalue weighted by Crippen LogP contribution is -2.01. The van der Waals surface area contributed by atoms with Gasteiger partial charge in [-0.15, -0.1) is 0 Å². The number of carbonyl (C=O) groups is 1. The Morgan fingerprint density at radius 1 is 1.45 bits per heavy atom. The molecule has 5 nitrogen and oxygen atoms in total. The molecule has 3 rings (SSSR count). The number of anilines is 1. The molecule has 104 valence electrons. The molecule has 20 heavy (non-hydrogen) atoms. The van der Waals surface area contributed by atoms with E-state index in [2.05, 4.69) is 26.2 Å². The topological polar surface area (TPSA) is 75.4 Å². The van der Waals surface area contributed by atoms with Crippen molar-refractivity contribution in [1.29, 1.82) is 0 Å². The number of hydrogen-bond acceptors (Lipinski definition) is 4. The predicted octanol–water partition coefficient (Wildman–Crippen LogP) is 3.62. The summed E-state index contributed by atoms with van der Waals surface area (Å²) in [5.41, 5.74) is 0.958. The van der Waals surface area contributed by atoms with E-state index in [0.29, 0.717) is 12.5 Å². The second kappa shape index (κ2) is 5.28. The third-order valence-electron chi connectivity index (χ3n) is 3.11. The van der Waals surface area contributed by atoms with Crippen LogP contribution >= 0.6 is 15.9 Å². The van der Waals surface area contributed by atoms with E-state index in [4.69, 9.17) is 9.52 Å². The van der Waals surface area contributed by atoms with Gasteiger partial charge >= 0.3 is 5.97 Å². The van der Waals surface area contributed by atoms with Crippen molar-refractivity contribution < 1.29 is 14.3 Å². The number of rotatable bonds is 5. The number of benzene rings is 1. The molecule has 0 bridgehead atoms. The Labute approximate surface area is 124 Å². The third kappa shape index (κ3) is 3.01. The summed E-state index contributed by atoms with van der Waals surface area (Å²) >= 11 is 3.30. The minimum Gasteiger partial charge on any atom is -0.478 e. The molecule has 0 atom stereocenters. The summed E-state index contributed by atoms with van der Waals surface area (Å²) in [5, 5.41) is 12.2. The summed E-state index contributed by atoms with van der Waals surface area (Å²) in [4.78, 5) is 15.2. The van der Waals surface area contributed by atoms with E-state index in [0.717, 1.165) is 34.7 Å². The van der Waals surface area contributed by atoms with Gasteiger partial charge in [-0.05, 0) is 31.0 Å². The molecule has 0 radical (unpaired) electrons. The van der Waals surface area contributed by atoms with Gasteiger partial charge in [-0.2, -0.15) is 0 Å². The SMILES string of the molecule is O=C(O)c1cc(Br)cc(NCc2cnc(C3CC3)o2)c1. The van der Waals surface area contributed by atoms with Gasteiger partial charge in [0.2, 0.25) is 0 Å². The summed E-state index contributed by atoms with van der Waals surface area (Å²) in [5.74, 6) is 1.10. The summed E-state index contributed by atoms with van der Waals surface area (Å²) in [7, 11) is 0. The maximum atomic E-state index is 11.0. The van der Waals surface area contributed by atoms with E-state index in [9.17, 15) is 4.79 Å². The number of aromatic nitrogens is 1. The monoisotopic (exact) mass is 336 g/mol. The van der Waals surface area contributed by atoms with Gasteiger partial charge in [0, 0.05) is 16.1 Å². The molecule has 0 spiro atoms. The fraction of sp³-hybridized carbons (Fsp3) is 0.286. The first-order chi connectivity index (χ1) is 9.61. The van der Waals surface area contributed by atoms with Gasteiger partial charge in [0.05, 0.1) is 18.3 Å². The van der Waals surface area contributed by atoms with Crippen molar-refractivity contribution in [1.82, 2.24) is 4.98 Å². The Hall–Kier alpha value is -1.82. The molecule has 0 aliphatic heterocycles. The number of carboxylic acid groups (broad SMARTS) is 1. The average molecular weight is 337 g/mol. The van der Waals surface area contributed by atoms with Gasteiger partial charge in [0.15, 0.2) is 5.89 Å². The van der Waals surface area contributed by atoms with Crippen LogP contribution < -0.4 is 5.32 Å². The zero-order chi connectivity index (χ0) is 14.1. The van der Waals surface area contributed by atoms with Crippen molar-refractivity contribution in [3.63, 3.8) is 0 Å². The lowest BCUT2D eigenvalue weighted by atomic mass is 10.2. The fourth-order valence-electron chi connectivity index (χ4n) is 1.93. The predicted molar refractivity (Wildman–Crippen MR) is 76.9 cm³/mol.